The minimum Gasteiger partial charge on any atom is -0.385 e. The van der Waals surface area contributed by atoms with Crippen LogP contribution < -0.4 is 0 Å². The van der Waals surface area contributed by atoms with Crippen molar-refractivity contribution in [2.24, 2.45) is 4.99 Å². The molecule has 8 heteroatoms. The van der Waals surface area contributed by atoms with E-state index in [1.54, 1.807) is 18.1 Å². The van der Waals surface area contributed by atoms with Crippen LogP contribution in [0.3, 0.4) is 0 Å². The Morgan fingerprint density at radius 2 is 1.85 bits per heavy atom. The van der Waals surface area contributed by atoms with Gasteiger partial charge < -0.3 is 9.30 Å². The standard InChI is InChI=1S/C26H25Cl2N3O2S/c1-17-14-19(18(2)31(17)23-11-10-20(27)16-22(23)28)15-24-25(32)30(12-7-13-33-3)26(34-24)29-21-8-5-4-6-9-21/h4-6,8-11,14-16H,7,12-13H2,1-3H3/b24-15-,29-26?. The number of nitrogens with zero attached hydrogens (tertiary/aromatic N) is 3. The summed E-state index contributed by atoms with van der Waals surface area (Å²) in [6, 6.07) is 17.2. The van der Waals surface area contributed by atoms with Gasteiger partial charge in [-0.1, -0.05) is 41.4 Å². The molecule has 3 aromatic rings. The van der Waals surface area contributed by atoms with Crippen LogP contribution in [0.25, 0.3) is 11.8 Å². The number of aromatic nitrogens is 1. The number of halogens is 2. The SMILES string of the molecule is COCCCN1C(=O)/C(=C/c2cc(C)n(-c3ccc(Cl)cc3Cl)c2C)SC1=Nc1ccccc1. The van der Waals surface area contributed by atoms with Crippen molar-refractivity contribution in [3.63, 3.8) is 0 Å². The molecule has 2 aromatic carbocycles. The Balaban J connectivity index is 1.70. The van der Waals surface area contributed by atoms with Gasteiger partial charge in [0.05, 0.1) is 21.3 Å². The van der Waals surface area contributed by atoms with Gasteiger partial charge in [-0.2, -0.15) is 0 Å². The third kappa shape index (κ3) is 5.26. The van der Waals surface area contributed by atoms with Crippen LogP contribution in [0.1, 0.15) is 23.4 Å². The highest BCUT2D eigenvalue weighted by Crippen LogP contribution is 2.36. The number of hydrogen-bond acceptors (Lipinski definition) is 4. The van der Waals surface area contributed by atoms with Crippen LogP contribution in [0, 0.1) is 13.8 Å². The van der Waals surface area contributed by atoms with E-state index in [2.05, 4.69) is 10.6 Å². The molecule has 1 aliphatic rings. The summed E-state index contributed by atoms with van der Waals surface area (Å²) in [6.45, 7) is 5.16. The summed E-state index contributed by atoms with van der Waals surface area (Å²) in [7, 11) is 1.66. The van der Waals surface area contributed by atoms with Crippen molar-refractivity contribution in [3.05, 3.63) is 86.5 Å². The van der Waals surface area contributed by atoms with Gasteiger partial charge in [-0.15, -0.1) is 0 Å². The zero-order chi connectivity index (χ0) is 24.2. The lowest BCUT2D eigenvalue weighted by Gasteiger charge is -2.15. The average molecular weight is 514 g/mol. The molecule has 0 spiro atoms. The molecular weight excluding hydrogens is 489 g/mol. The molecule has 1 aliphatic heterocycles. The predicted molar refractivity (Wildman–Crippen MR) is 143 cm³/mol. The highest BCUT2D eigenvalue weighted by molar-refractivity contribution is 8.18. The summed E-state index contributed by atoms with van der Waals surface area (Å²) in [6.07, 6.45) is 2.67. The number of aryl methyl sites for hydroxylation is 1. The summed E-state index contributed by atoms with van der Waals surface area (Å²) < 4.78 is 7.26. The number of aliphatic imine (C=N–C) groups is 1. The number of amidine groups is 1. The maximum Gasteiger partial charge on any atom is 0.266 e. The van der Waals surface area contributed by atoms with Crippen molar-refractivity contribution in [2.75, 3.05) is 20.3 Å². The number of hydrogen-bond donors (Lipinski definition) is 0. The van der Waals surface area contributed by atoms with Crippen LogP contribution in [0.5, 0.6) is 0 Å². The Labute approximate surface area is 214 Å². The molecule has 4 rings (SSSR count). The molecule has 0 bridgehead atoms. The monoisotopic (exact) mass is 513 g/mol. The van der Waals surface area contributed by atoms with E-state index in [4.69, 9.17) is 32.9 Å². The fourth-order valence-electron chi connectivity index (χ4n) is 3.88. The Morgan fingerprint density at radius 1 is 1.09 bits per heavy atom. The van der Waals surface area contributed by atoms with Crippen molar-refractivity contribution in [3.8, 4) is 5.69 Å². The first-order chi connectivity index (χ1) is 16.4. The van der Waals surface area contributed by atoms with Crippen molar-refractivity contribution in [2.45, 2.75) is 20.3 Å². The zero-order valence-corrected chi connectivity index (χ0v) is 21.5. The first-order valence-corrected chi connectivity index (χ1v) is 12.4. The molecule has 0 atom stereocenters. The molecule has 0 unspecified atom stereocenters. The molecule has 2 heterocycles. The number of rotatable bonds is 7. The van der Waals surface area contributed by atoms with Crippen LogP contribution in [0.2, 0.25) is 10.0 Å². The number of thioether (sulfide) groups is 1. The lowest BCUT2D eigenvalue weighted by Crippen LogP contribution is -2.30. The molecule has 176 valence electrons. The van der Waals surface area contributed by atoms with E-state index in [0.717, 1.165) is 34.7 Å². The normalized spacial score (nSPS) is 16.3. The fraction of sp³-hybridized carbons (Fsp3) is 0.231. The fourth-order valence-corrected chi connectivity index (χ4v) is 5.39. The van der Waals surface area contributed by atoms with Gasteiger partial charge in [0.1, 0.15) is 0 Å². The molecule has 0 radical (unpaired) electrons. The molecule has 34 heavy (non-hydrogen) atoms. The molecule has 1 amide bonds. The smallest absolute Gasteiger partial charge is 0.266 e. The number of carbonyl (C=O) groups excluding carboxylic acids is 1. The quantitative estimate of drug-likeness (QED) is 0.251. The van der Waals surface area contributed by atoms with Gasteiger partial charge in [0, 0.05) is 36.7 Å². The predicted octanol–water partition coefficient (Wildman–Crippen LogP) is 7.04. The zero-order valence-electron chi connectivity index (χ0n) is 19.2. The molecule has 0 saturated carbocycles. The van der Waals surface area contributed by atoms with E-state index in [1.807, 2.05) is 62.4 Å². The summed E-state index contributed by atoms with van der Waals surface area (Å²) in [5, 5.41) is 1.83. The van der Waals surface area contributed by atoms with Crippen molar-refractivity contribution in [1.29, 1.82) is 0 Å². The highest BCUT2D eigenvalue weighted by atomic mass is 35.5. The number of amides is 1. The van der Waals surface area contributed by atoms with E-state index in [-0.39, 0.29) is 5.91 Å². The second kappa shape index (κ2) is 10.8. The van der Waals surface area contributed by atoms with Gasteiger partial charge in [-0.25, -0.2) is 4.99 Å². The van der Waals surface area contributed by atoms with Crippen molar-refractivity contribution >= 4 is 57.8 Å². The van der Waals surface area contributed by atoms with E-state index >= 15 is 0 Å². The Morgan fingerprint density at radius 3 is 2.56 bits per heavy atom. The van der Waals surface area contributed by atoms with Crippen LogP contribution >= 0.6 is 35.0 Å². The molecule has 1 saturated heterocycles. The molecule has 0 N–H and O–H groups in total. The van der Waals surface area contributed by atoms with Gasteiger partial charge in [-0.3, -0.25) is 9.69 Å². The molecule has 0 aliphatic carbocycles. The number of para-hydroxylation sites is 1. The summed E-state index contributed by atoms with van der Waals surface area (Å²) >= 11 is 14.0. The maximum atomic E-state index is 13.3. The summed E-state index contributed by atoms with van der Waals surface area (Å²) in [4.78, 5) is 20.5. The van der Waals surface area contributed by atoms with E-state index in [1.165, 1.54) is 11.8 Å². The van der Waals surface area contributed by atoms with Gasteiger partial charge in [0.15, 0.2) is 5.17 Å². The first-order valence-electron chi connectivity index (χ1n) is 10.9. The molecule has 5 nitrogen and oxygen atoms in total. The third-order valence-electron chi connectivity index (χ3n) is 5.51. The highest BCUT2D eigenvalue weighted by Gasteiger charge is 2.33. The maximum absolute atomic E-state index is 13.3. The third-order valence-corrected chi connectivity index (χ3v) is 7.05. The van der Waals surface area contributed by atoms with Crippen molar-refractivity contribution < 1.29 is 9.53 Å². The van der Waals surface area contributed by atoms with Gasteiger partial charge >= 0.3 is 0 Å². The van der Waals surface area contributed by atoms with Crippen LogP contribution in [-0.2, 0) is 9.53 Å². The van der Waals surface area contributed by atoms with Crippen LogP contribution in [0.15, 0.2) is 64.5 Å². The van der Waals surface area contributed by atoms with E-state index in [9.17, 15) is 4.79 Å². The molecular formula is C26H25Cl2N3O2S. The minimum absolute atomic E-state index is 0.0508. The van der Waals surface area contributed by atoms with E-state index in [0.29, 0.717) is 33.3 Å². The second-order valence-electron chi connectivity index (χ2n) is 7.90. The number of benzene rings is 2. The summed E-state index contributed by atoms with van der Waals surface area (Å²) in [5.74, 6) is -0.0508. The first kappa shape index (κ1) is 24.6. The number of carbonyl (C=O) groups is 1. The Bertz CT molecular complexity index is 1270. The lowest BCUT2D eigenvalue weighted by molar-refractivity contribution is -0.122. The Kier molecular flexibility index (Phi) is 7.84. The van der Waals surface area contributed by atoms with Crippen molar-refractivity contribution in [1.82, 2.24) is 9.47 Å². The van der Waals surface area contributed by atoms with Gasteiger partial charge in [-0.05, 0) is 80.1 Å². The topological polar surface area (TPSA) is 46.8 Å². The second-order valence-corrected chi connectivity index (χ2v) is 9.75. The number of ether oxygens (including phenoxy) is 1. The lowest BCUT2D eigenvalue weighted by atomic mass is 10.2. The van der Waals surface area contributed by atoms with Crippen LogP contribution in [0.4, 0.5) is 5.69 Å². The summed E-state index contributed by atoms with van der Waals surface area (Å²) in [5.41, 5.74) is 4.62. The average Bonchev–Trinajstić information content (AvgIpc) is 3.25. The van der Waals surface area contributed by atoms with E-state index < -0.39 is 0 Å². The Hall–Kier alpha value is -2.51. The minimum atomic E-state index is -0.0508. The van der Waals surface area contributed by atoms with Gasteiger partial charge in [0.2, 0.25) is 0 Å². The van der Waals surface area contributed by atoms with Crippen LogP contribution in [-0.4, -0.2) is 40.8 Å². The number of methoxy groups -OCH3 is 1. The molecule has 1 aromatic heterocycles. The molecule has 1 fully saturated rings. The van der Waals surface area contributed by atoms with Gasteiger partial charge in [0.25, 0.3) is 5.91 Å². The largest absolute Gasteiger partial charge is 0.385 e.